The summed E-state index contributed by atoms with van der Waals surface area (Å²) in [6.07, 6.45) is 1.27. The number of methoxy groups -OCH3 is 1. The van der Waals surface area contributed by atoms with Crippen molar-refractivity contribution in [1.29, 1.82) is 0 Å². The second-order valence-corrected chi connectivity index (χ2v) is 8.12. The first-order valence-corrected chi connectivity index (χ1v) is 10.4. The number of halogens is 1. The molecule has 2 aromatic rings. The molecule has 2 unspecified atom stereocenters. The first-order chi connectivity index (χ1) is 13.6. The van der Waals surface area contributed by atoms with Crippen molar-refractivity contribution < 1.29 is 9.53 Å². The van der Waals surface area contributed by atoms with Gasteiger partial charge in [-0.2, -0.15) is 0 Å². The quantitative estimate of drug-likeness (QED) is 0.758. The number of hydrogen-bond donors (Lipinski definition) is 2. The van der Waals surface area contributed by atoms with Gasteiger partial charge in [0.25, 0.3) is 5.91 Å². The van der Waals surface area contributed by atoms with Crippen LogP contribution >= 0.6 is 15.9 Å². The van der Waals surface area contributed by atoms with E-state index in [4.69, 9.17) is 4.74 Å². The molecule has 2 fully saturated rings. The highest BCUT2D eigenvalue weighted by atomic mass is 79.9. The van der Waals surface area contributed by atoms with Crippen molar-refractivity contribution in [3.8, 4) is 5.75 Å². The van der Waals surface area contributed by atoms with Crippen LogP contribution in [-0.2, 0) is 0 Å². The molecule has 0 bridgehead atoms. The fraction of sp³-hybridized carbons (Fsp3) is 0.381. The normalized spacial score (nSPS) is 23.0. The van der Waals surface area contributed by atoms with Crippen molar-refractivity contribution in [2.45, 2.75) is 18.6 Å². The Morgan fingerprint density at radius 2 is 1.82 bits per heavy atom. The third-order valence-corrected chi connectivity index (χ3v) is 6.01. The zero-order valence-electron chi connectivity index (χ0n) is 15.9. The van der Waals surface area contributed by atoms with Gasteiger partial charge in [0, 0.05) is 42.3 Å². The summed E-state index contributed by atoms with van der Waals surface area (Å²) in [6, 6.07) is 16.1. The number of carbonyl (C=O) groups excluding carboxylic acids is 1. The second kappa shape index (κ2) is 8.61. The maximum absolute atomic E-state index is 12.7. The smallest absolute Gasteiger partial charge is 0.253 e. The number of hydrazine groups is 1. The lowest BCUT2D eigenvalue weighted by Crippen LogP contribution is -2.55. The van der Waals surface area contributed by atoms with Gasteiger partial charge >= 0.3 is 0 Å². The van der Waals surface area contributed by atoms with E-state index in [0.717, 1.165) is 48.4 Å². The Morgan fingerprint density at radius 3 is 2.50 bits per heavy atom. The van der Waals surface area contributed by atoms with E-state index in [1.165, 1.54) is 5.56 Å². The molecule has 2 aromatic carbocycles. The Bertz CT molecular complexity index is 821. The molecule has 0 aromatic heterocycles. The molecule has 2 aliphatic rings. The first kappa shape index (κ1) is 19.4. The summed E-state index contributed by atoms with van der Waals surface area (Å²) >= 11 is 3.44. The van der Waals surface area contributed by atoms with Gasteiger partial charge in [0.15, 0.2) is 0 Å². The van der Waals surface area contributed by atoms with Crippen LogP contribution in [0.2, 0.25) is 0 Å². The number of piperazine rings is 1. The lowest BCUT2D eigenvalue weighted by Gasteiger charge is -2.37. The zero-order chi connectivity index (χ0) is 19.5. The van der Waals surface area contributed by atoms with E-state index in [1.54, 1.807) is 7.11 Å². The summed E-state index contributed by atoms with van der Waals surface area (Å²) in [6.45, 7) is 3.23. The Morgan fingerprint density at radius 1 is 1.07 bits per heavy atom. The van der Waals surface area contributed by atoms with E-state index >= 15 is 0 Å². The maximum atomic E-state index is 12.7. The number of ether oxygens (including phenoxy) is 1. The lowest BCUT2D eigenvalue weighted by atomic mass is 10.0. The lowest BCUT2D eigenvalue weighted by molar-refractivity contribution is 0.0545. The van der Waals surface area contributed by atoms with Crippen LogP contribution in [0.15, 0.2) is 53.0 Å². The molecule has 0 saturated carbocycles. The average Bonchev–Trinajstić information content (AvgIpc) is 3.24. The molecule has 28 heavy (non-hydrogen) atoms. The van der Waals surface area contributed by atoms with Crippen molar-refractivity contribution >= 4 is 21.8 Å². The molecule has 2 saturated heterocycles. The standard InChI is InChI=1S/C21H25BrN4O2/c1-28-18-7-5-15(6-8-18)19-14-20(24-23-19)25-9-11-26(12-10-25)21(27)16-3-2-4-17(22)13-16/h2-8,13,19-20,23-24H,9-12,14H2,1H3. The highest BCUT2D eigenvalue weighted by molar-refractivity contribution is 9.10. The Hall–Kier alpha value is -1.93. The molecule has 4 rings (SSSR count). The van der Waals surface area contributed by atoms with Crippen molar-refractivity contribution in [3.63, 3.8) is 0 Å². The second-order valence-electron chi connectivity index (χ2n) is 7.20. The predicted molar refractivity (Wildman–Crippen MR) is 112 cm³/mol. The molecule has 0 aliphatic carbocycles. The topological polar surface area (TPSA) is 56.8 Å². The van der Waals surface area contributed by atoms with Crippen LogP contribution in [0.3, 0.4) is 0 Å². The number of hydrogen-bond acceptors (Lipinski definition) is 5. The predicted octanol–water partition coefficient (Wildman–Crippen LogP) is 2.78. The first-order valence-electron chi connectivity index (χ1n) is 9.58. The van der Waals surface area contributed by atoms with Crippen molar-refractivity contribution in [2.75, 3.05) is 33.3 Å². The third kappa shape index (κ3) is 4.22. The van der Waals surface area contributed by atoms with Gasteiger partial charge in [-0.25, -0.2) is 10.9 Å². The summed E-state index contributed by atoms with van der Waals surface area (Å²) in [5.41, 5.74) is 8.82. The summed E-state index contributed by atoms with van der Waals surface area (Å²) < 4.78 is 6.17. The van der Waals surface area contributed by atoms with E-state index in [0.29, 0.717) is 0 Å². The van der Waals surface area contributed by atoms with Crippen LogP contribution < -0.4 is 15.6 Å². The van der Waals surface area contributed by atoms with Crippen LogP contribution in [0.1, 0.15) is 28.4 Å². The molecule has 1 amide bonds. The number of benzene rings is 2. The highest BCUT2D eigenvalue weighted by Gasteiger charge is 2.32. The number of nitrogens with one attached hydrogen (secondary N) is 2. The van der Waals surface area contributed by atoms with Gasteiger partial charge in [-0.3, -0.25) is 9.69 Å². The molecule has 148 valence electrons. The largest absolute Gasteiger partial charge is 0.497 e. The van der Waals surface area contributed by atoms with Crippen LogP contribution in [0.25, 0.3) is 0 Å². The summed E-state index contributed by atoms with van der Waals surface area (Å²) in [4.78, 5) is 17.1. The fourth-order valence-electron chi connectivity index (χ4n) is 3.87. The van der Waals surface area contributed by atoms with E-state index in [2.05, 4.69) is 43.8 Å². The minimum Gasteiger partial charge on any atom is -0.497 e. The van der Waals surface area contributed by atoms with Gasteiger partial charge in [0.1, 0.15) is 5.75 Å². The molecule has 2 heterocycles. The number of nitrogens with zero attached hydrogens (tertiary/aromatic N) is 2. The summed E-state index contributed by atoms with van der Waals surface area (Å²) in [5.74, 6) is 0.979. The van der Waals surface area contributed by atoms with Gasteiger partial charge in [-0.1, -0.05) is 34.1 Å². The third-order valence-electron chi connectivity index (χ3n) is 5.52. The van der Waals surface area contributed by atoms with Gasteiger partial charge < -0.3 is 9.64 Å². The molecular formula is C21H25BrN4O2. The molecule has 0 radical (unpaired) electrons. The molecule has 2 atom stereocenters. The minimum atomic E-state index is 0.106. The molecule has 2 aliphatic heterocycles. The summed E-state index contributed by atoms with van der Waals surface area (Å²) in [7, 11) is 1.68. The number of rotatable bonds is 4. The minimum absolute atomic E-state index is 0.106. The number of carbonyl (C=O) groups is 1. The van der Waals surface area contributed by atoms with Gasteiger partial charge in [0.05, 0.1) is 13.3 Å². The van der Waals surface area contributed by atoms with Crippen LogP contribution in [0.4, 0.5) is 0 Å². The van der Waals surface area contributed by atoms with Crippen molar-refractivity contribution in [3.05, 3.63) is 64.1 Å². The molecular weight excluding hydrogens is 420 g/mol. The van der Waals surface area contributed by atoms with E-state index in [1.807, 2.05) is 41.3 Å². The van der Waals surface area contributed by atoms with Gasteiger partial charge in [-0.15, -0.1) is 0 Å². The monoisotopic (exact) mass is 444 g/mol. The van der Waals surface area contributed by atoms with E-state index in [-0.39, 0.29) is 18.1 Å². The van der Waals surface area contributed by atoms with Gasteiger partial charge in [-0.05, 0) is 42.3 Å². The summed E-state index contributed by atoms with van der Waals surface area (Å²) in [5, 5.41) is 0. The van der Waals surface area contributed by atoms with Gasteiger partial charge in [0.2, 0.25) is 0 Å². The molecule has 6 nitrogen and oxygen atoms in total. The Balaban J connectivity index is 1.31. The average molecular weight is 445 g/mol. The number of amides is 1. The fourth-order valence-corrected chi connectivity index (χ4v) is 4.27. The van der Waals surface area contributed by atoms with Crippen LogP contribution in [0, 0.1) is 0 Å². The SMILES string of the molecule is COc1ccc(C2CC(N3CCN(C(=O)c4cccc(Br)c4)CC3)NN2)cc1. The van der Waals surface area contributed by atoms with E-state index in [9.17, 15) is 4.79 Å². The maximum Gasteiger partial charge on any atom is 0.253 e. The highest BCUT2D eigenvalue weighted by Crippen LogP contribution is 2.26. The van der Waals surface area contributed by atoms with Crippen LogP contribution in [0.5, 0.6) is 5.75 Å². The van der Waals surface area contributed by atoms with Crippen LogP contribution in [-0.4, -0.2) is 55.2 Å². The zero-order valence-corrected chi connectivity index (χ0v) is 17.5. The molecule has 0 spiro atoms. The van der Waals surface area contributed by atoms with Crippen molar-refractivity contribution in [1.82, 2.24) is 20.7 Å². The van der Waals surface area contributed by atoms with Crippen molar-refractivity contribution in [2.24, 2.45) is 0 Å². The molecule has 7 heteroatoms. The Kier molecular flexibility index (Phi) is 5.96. The van der Waals surface area contributed by atoms with E-state index < -0.39 is 0 Å². The Labute approximate surface area is 173 Å². The molecule has 2 N–H and O–H groups in total.